The van der Waals surface area contributed by atoms with Gasteiger partial charge < -0.3 is 0 Å². The minimum Gasteiger partial charge on any atom is -0.267 e. The van der Waals surface area contributed by atoms with Gasteiger partial charge in [-0.15, -0.1) is 0 Å². The third kappa shape index (κ3) is 4.26. The predicted molar refractivity (Wildman–Crippen MR) is 86.9 cm³/mol. The van der Waals surface area contributed by atoms with E-state index in [9.17, 15) is 9.59 Å². The van der Waals surface area contributed by atoms with Gasteiger partial charge >= 0.3 is 0 Å². The van der Waals surface area contributed by atoms with E-state index in [-0.39, 0.29) is 5.91 Å². The van der Waals surface area contributed by atoms with E-state index in [1.165, 1.54) is 23.5 Å². The lowest BCUT2D eigenvalue weighted by Crippen LogP contribution is -2.55. The van der Waals surface area contributed by atoms with Gasteiger partial charge in [-0.2, -0.15) is 10.2 Å². The number of hydrazine groups is 1. The van der Waals surface area contributed by atoms with Crippen LogP contribution in [0, 0.1) is 0 Å². The van der Waals surface area contributed by atoms with Crippen molar-refractivity contribution < 1.29 is 9.59 Å². The molecule has 0 aliphatic rings. The summed E-state index contributed by atoms with van der Waals surface area (Å²) in [4.78, 5) is 25.0. The fourth-order valence-corrected chi connectivity index (χ4v) is 1.96. The average molecular weight is 333 g/mol. The first-order chi connectivity index (χ1) is 10.8. The molecule has 0 spiro atoms. The number of carbonyl (C=O) groups excluding carboxylic acids is 2. The van der Waals surface area contributed by atoms with E-state index >= 15 is 0 Å². The first kappa shape index (κ1) is 16.9. The second kappa shape index (κ2) is 6.75. The van der Waals surface area contributed by atoms with Crippen LogP contribution in [0.5, 0.6) is 0 Å². The van der Waals surface area contributed by atoms with Gasteiger partial charge in [0.15, 0.2) is 0 Å². The van der Waals surface area contributed by atoms with Crippen LogP contribution in [-0.2, 0) is 0 Å². The minimum atomic E-state index is -0.618. The second-order valence-electron chi connectivity index (χ2n) is 5.89. The van der Waals surface area contributed by atoms with E-state index in [1.54, 1.807) is 24.3 Å². The van der Waals surface area contributed by atoms with Crippen molar-refractivity contribution in [3.05, 3.63) is 58.9 Å². The maximum atomic E-state index is 12.7. The zero-order valence-electron chi connectivity index (χ0n) is 13.1. The Balaban J connectivity index is 2.26. The van der Waals surface area contributed by atoms with Crippen molar-refractivity contribution in [2.75, 3.05) is 0 Å². The predicted octanol–water partition coefficient (Wildman–Crippen LogP) is 2.72. The molecule has 2 aromatic rings. The van der Waals surface area contributed by atoms with Gasteiger partial charge in [0.1, 0.15) is 0 Å². The molecule has 1 N–H and O–H groups in total. The highest BCUT2D eigenvalue weighted by Gasteiger charge is 2.29. The lowest BCUT2D eigenvalue weighted by Gasteiger charge is -2.35. The Morgan fingerprint density at radius 3 is 2.22 bits per heavy atom. The fraction of sp³-hybridized carbons (Fsp3) is 0.250. The standard InChI is InChI=1S/C16H17ClN4O2/c1-16(2,3)21(15(23)11-4-6-13(17)7-5-11)20-14(22)12-8-9-18-19-10-12/h4-10H,1-3H3,(H,20,22). The van der Waals surface area contributed by atoms with Crippen LogP contribution in [-0.4, -0.2) is 32.6 Å². The quantitative estimate of drug-likeness (QED) is 0.858. The number of rotatable bonds is 2. The molecule has 6 nitrogen and oxygen atoms in total. The Bertz CT molecular complexity index is 696. The molecule has 0 radical (unpaired) electrons. The van der Waals surface area contributed by atoms with E-state index in [2.05, 4.69) is 15.6 Å². The number of amides is 2. The number of hydrogen-bond acceptors (Lipinski definition) is 4. The summed E-state index contributed by atoms with van der Waals surface area (Å²) in [5.74, 6) is -0.762. The SMILES string of the molecule is CC(C)(C)N(NC(=O)c1ccnnc1)C(=O)c1ccc(Cl)cc1. The van der Waals surface area contributed by atoms with Gasteiger partial charge in [-0.1, -0.05) is 11.6 Å². The summed E-state index contributed by atoms with van der Waals surface area (Å²) in [5.41, 5.74) is 2.76. The molecule has 1 aromatic carbocycles. The van der Waals surface area contributed by atoms with Crippen LogP contribution in [0.15, 0.2) is 42.7 Å². The largest absolute Gasteiger partial charge is 0.272 e. The number of hydrogen-bond donors (Lipinski definition) is 1. The summed E-state index contributed by atoms with van der Waals surface area (Å²) in [5, 5.41) is 9.11. The molecule has 7 heteroatoms. The van der Waals surface area contributed by atoms with E-state index < -0.39 is 11.4 Å². The Kier molecular flexibility index (Phi) is 4.95. The van der Waals surface area contributed by atoms with Gasteiger partial charge in [0.2, 0.25) is 0 Å². The van der Waals surface area contributed by atoms with Crippen LogP contribution in [0.4, 0.5) is 0 Å². The summed E-state index contributed by atoms with van der Waals surface area (Å²) in [6.07, 6.45) is 2.75. The van der Waals surface area contributed by atoms with Crippen LogP contribution < -0.4 is 5.43 Å². The van der Waals surface area contributed by atoms with E-state index in [1.807, 2.05) is 20.8 Å². The maximum absolute atomic E-state index is 12.7. The number of aromatic nitrogens is 2. The molecule has 0 bridgehead atoms. The second-order valence-corrected chi connectivity index (χ2v) is 6.33. The average Bonchev–Trinajstić information content (AvgIpc) is 2.52. The Labute approximate surface area is 139 Å². The van der Waals surface area contributed by atoms with Crippen molar-refractivity contribution in [2.45, 2.75) is 26.3 Å². The lowest BCUT2D eigenvalue weighted by atomic mass is 10.1. The summed E-state index contributed by atoms with van der Waals surface area (Å²) in [7, 11) is 0. The Morgan fingerprint density at radius 2 is 1.70 bits per heavy atom. The molecule has 1 heterocycles. The van der Waals surface area contributed by atoms with Crippen molar-refractivity contribution in [1.29, 1.82) is 0 Å². The molecule has 0 aliphatic carbocycles. The van der Waals surface area contributed by atoms with Gasteiger partial charge in [0.25, 0.3) is 11.8 Å². The minimum absolute atomic E-state index is 0.318. The lowest BCUT2D eigenvalue weighted by molar-refractivity contribution is 0.0358. The van der Waals surface area contributed by atoms with Gasteiger partial charge in [-0.05, 0) is 51.1 Å². The molecule has 1 aromatic heterocycles. The van der Waals surface area contributed by atoms with Crippen LogP contribution in [0.3, 0.4) is 0 Å². The zero-order chi connectivity index (χ0) is 17.0. The molecule has 120 valence electrons. The number of halogens is 1. The molecule has 0 atom stereocenters. The van der Waals surface area contributed by atoms with Gasteiger partial charge in [0, 0.05) is 10.6 Å². The number of benzene rings is 1. The van der Waals surface area contributed by atoms with Gasteiger partial charge in [-0.3, -0.25) is 15.0 Å². The first-order valence-electron chi connectivity index (χ1n) is 6.97. The highest BCUT2D eigenvalue weighted by Crippen LogP contribution is 2.17. The number of carbonyl (C=O) groups is 2. The fourth-order valence-electron chi connectivity index (χ4n) is 1.84. The van der Waals surface area contributed by atoms with Crippen molar-refractivity contribution in [3.8, 4) is 0 Å². The normalized spacial score (nSPS) is 11.0. The molecule has 0 saturated heterocycles. The monoisotopic (exact) mass is 332 g/mol. The van der Waals surface area contributed by atoms with Gasteiger partial charge in [0.05, 0.1) is 23.5 Å². The Morgan fingerprint density at radius 1 is 1.04 bits per heavy atom. The highest BCUT2D eigenvalue weighted by molar-refractivity contribution is 6.30. The first-order valence-corrected chi connectivity index (χ1v) is 7.34. The van der Waals surface area contributed by atoms with E-state index in [4.69, 9.17) is 11.6 Å². The number of nitrogens with zero attached hydrogens (tertiary/aromatic N) is 3. The highest BCUT2D eigenvalue weighted by atomic mass is 35.5. The van der Waals surface area contributed by atoms with Crippen molar-refractivity contribution >= 4 is 23.4 Å². The molecule has 0 fully saturated rings. The molecule has 0 aliphatic heterocycles. The summed E-state index contributed by atoms with van der Waals surface area (Å²) in [6, 6.07) is 8.01. The van der Waals surface area contributed by atoms with Crippen LogP contribution in [0.2, 0.25) is 5.02 Å². The summed E-state index contributed by atoms with van der Waals surface area (Å²) < 4.78 is 0. The summed E-state index contributed by atoms with van der Waals surface area (Å²) >= 11 is 5.84. The van der Waals surface area contributed by atoms with Crippen LogP contribution in [0.1, 0.15) is 41.5 Å². The third-order valence-electron chi connectivity index (χ3n) is 3.02. The molecule has 2 amide bonds. The third-order valence-corrected chi connectivity index (χ3v) is 3.28. The molecule has 0 saturated carbocycles. The summed E-state index contributed by atoms with van der Waals surface area (Å²) in [6.45, 7) is 5.48. The van der Waals surface area contributed by atoms with Gasteiger partial charge in [-0.25, -0.2) is 5.01 Å². The molecule has 2 rings (SSSR count). The Hall–Kier alpha value is -2.47. The number of nitrogens with one attached hydrogen (secondary N) is 1. The maximum Gasteiger partial charge on any atom is 0.272 e. The van der Waals surface area contributed by atoms with Crippen LogP contribution in [0.25, 0.3) is 0 Å². The zero-order valence-corrected chi connectivity index (χ0v) is 13.8. The topological polar surface area (TPSA) is 75.2 Å². The van der Waals surface area contributed by atoms with Crippen molar-refractivity contribution in [2.24, 2.45) is 0 Å². The van der Waals surface area contributed by atoms with E-state index in [0.29, 0.717) is 16.1 Å². The molecule has 0 unspecified atom stereocenters. The van der Waals surface area contributed by atoms with E-state index in [0.717, 1.165) is 0 Å². The molecular formula is C16H17ClN4O2. The molecule has 23 heavy (non-hydrogen) atoms. The molecular weight excluding hydrogens is 316 g/mol. The van der Waals surface area contributed by atoms with Crippen molar-refractivity contribution in [3.63, 3.8) is 0 Å². The smallest absolute Gasteiger partial charge is 0.267 e. The van der Waals surface area contributed by atoms with Crippen molar-refractivity contribution in [1.82, 2.24) is 20.6 Å². The van der Waals surface area contributed by atoms with Crippen LogP contribution >= 0.6 is 11.6 Å².